The summed E-state index contributed by atoms with van der Waals surface area (Å²) >= 11 is 0. The highest BCUT2D eigenvalue weighted by atomic mass is 16.5. The van der Waals surface area contributed by atoms with Crippen molar-refractivity contribution >= 4 is 17.8 Å². The van der Waals surface area contributed by atoms with Crippen molar-refractivity contribution in [1.29, 1.82) is 0 Å². The molecule has 1 aliphatic rings. The second kappa shape index (κ2) is 7.70. The molecule has 1 amide bonds. The Bertz CT molecular complexity index is 340. The molecule has 1 aliphatic heterocycles. The maximum absolute atomic E-state index is 11.6. The maximum atomic E-state index is 11.6. The van der Waals surface area contributed by atoms with Gasteiger partial charge in [-0.2, -0.15) is 0 Å². The van der Waals surface area contributed by atoms with Crippen LogP contribution < -0.4 is 10.6 Å². The highest BCUT2D eigenvalue weighted by Gasteiger charge is 2.23. The van der Waals surface area contributed by atoms with Gasteiger partial charge in [-0.3, -0.25) is 9.59 Å². The average molecular weight is 274 g/mol. The van der Waals surface area contributed by atoms with Crippen molar-refractivity contribution in [3.8, 4) is 0 Å². The zero-order valence-corrected chi connectivity index (χ0v) is 10.4. The minimum absolute atomic E-state index is 0.0594. The zero-order valence-electron chi connectivity index (χ0n) is 10.4. The van der Waals surface area contributed by atoms with Gasteiger partial charge in [-0.15, -0.1) is 0 Å². The van der Waals surface area contributed by atoms with Crippen LogP contribution in [0, 0.1) is 0 Å². The van der Waals surface area contributed by atoms with Gasteiger partial charge in [0.05, 0.1) is 19.1 Å². The van der Waals surface area contributed by atoms with Gasteiger partial charge in [-0.1, -0.05) is 0 Å². The highest BCUT2D eigenvalue weighted by Crippen LogP contribution is 2.03. The second-order valence-electron chi connectivity index (χ2n) is 4.29. The average Bonchev–Trinajstić information content (AvgIpc) is 2.35. The Morgan fingerprint density at radius 3 is 2.63 bits per heavy atom. The van der Waals surface area contributed by atoms with Crippen molar-refractivity contribution in [3.05, 3.63) is 0 Å². The fourth-order valence-corrected chi connectivity index (χ4v) is 1.74. The van der Waals surface area contributed by atoms with E-state index < -0.39 is 23.9 Å². The Morgan fingerprint density at radius 1 is 1.37 bits per heavy atom. The van der Waals surface area contributed by atoms with Gasteiger partial charge in [0.2, 0.25) is 5.91 Å². The molecule has 0 saturated carbocycles. The lowest BCUT2D eigenvalue weighted by Gasteiger charge is -2.23. The molecule has 4 N–H and O–H groups in total. The molecule has 0 radical (unpaired) electrons. The van der Waals surface area contributed by atoms with E-state index in [9.17, 15) is 14.4 Å². The number of morpholine rings is 1. The third-order valence-electron chi connectivity index (χ3n) is 2.70. The van der Waals surface area contributed by atoms with E-state index >= 15 is 0 Å². The van der Waals surface area contributed by atoms with Crippen molar-refractivity contribution in [3.63, 3.8) is 0 Å². The number of nitrogens with one attached hydrogen (secondary N) is 2. The van der Waals surface area contributed by atoms with E-state index in [1.54, 1.807) is 0 Å². The summed E-state index contributed by atoms with van der Waals surface area (Å²) in [7, 11) is 0. The van der Waals surface area contributed by atoms with Crippen molar-refractivity contribution < 1.29 is 29.3 Å². The Morgan fingerprint density at radius 2 is 2.11 bits per heavy atom. The molecular formula is C11H18N2O6. The summed E-state index contributed by atoms with van der Waals surface area (Å²) in [5.41, 5.74) is 0. The minimum Gasteiger partial charge on any atom is -0.481 e. The van der Waals surface area contributed by atoms with Gasteiger partial charge in [0, 0.05) is 19.5 Å². The number of hydrogen-bond donors (Lipinski definition) is 4. The molecule has 0 aromatic heterocycles. The molecule has 1 rings (SSSR count). The lowest BCUT2D eigenvalue weighted by atomic mass is 10.1. The molecule has 108 valence electrons. The van der Waals surface area contributed by atoms with Gasteiger partial charge in [-0.05, 0) is 6.42 Å². The van der Waals surface area contributed by atoms with Crippen LogP contribution in [-0.4, -0.2) is 59.9 Å². The van der Waals surface area contributed by atoms with Crippen LogP contribution in [0.3, 0.4) is 0 Å². The lowest BCUT2D eigenvalue weighted by Crippen LogP contribution is -2.45. The number of aliphatic carboxylic acids is 2. The predicted octanol–water partition coefficient (Wildman–Crippen LogP) is -1.20. The molecule has 1 fully saturated rings. The molecule has 2 atom stereocenters. The Labute approximate surface area is 110 Å². The van der Waals surface area contributed by atoms with Gasteiger partial charge >= 0.3 is 11.9 Å². The van der Waals surface area contributed by atoms with E-state index in [2.05, 4.69) is 10.6 Å². The third kappa shape index (κ3) is 6.16. The van der Waals surface area contributed by atoms with E-state index in [0.717, 1.165) is 6.54 Å². The number of carbonyl (C=O) groups excluding carboxylic acids is 1. The monoisotopic (exact) mass is 274 g/mol. The molecule has 1 unspecified atom stereocenters. The molecule has 0 aromatic rings. The summed E-state index contributed by atoms with van der Waals surface area (Å²) in [6, 6.07) is -1.18. The SMILES string of the molecule is O=C(O)CC[C@H](NC(=O)CC1CNCCO1)C(=O)O. The van der Waals surface area contributed by atoms with Gasteiger partial charge in [0.1, 0.15) is 6.04 Å². The molecule has 8 nitrogen and oxygen atoms in total. The fraction of sp³-hybridized carbons (Fsp3) is 0.727. The second-order valence-corrected chi connectivity index (χ2v) is 4.29. The number of carbonyl (C=O) groups is 3. The van der Waals surface area contributed by atoms with Crippen LogP contribution >= 0.6 is 0 Å². The molecule has 0 aliphatic carbocycles. The number of carboxylic acids is 2. The Balaban J connectivity index is 2.37. The Kier molecular flexibility index (Phi) is 6.23. The molecule has 1 heterocycles. The van der Waals surface area contributed by atoms with Gasteiger partial charge in [-0.25, -0.2) is 4.79 Å². The quantitative estimate of drug-likeness (QED) is 0.459. The van der Waals surface area contributed by atoms with Crippen LogP contribution in [0.2, 0.25) is 0 Å². The molecule has 8 heteroatoms. The number of rotatable bonds is 7. The first-order chi connectivity index (χ1) is 8.99. The van der Waals surface area contributed by atoms with Crippen LogP contribution in [-0.2, 0) is 19.1 Å². The van der Waals surface area contributed by atoms with E-state index in [0.29, 0.717) is 13.2 Å². The topological polar surface area (TPSA) is 125 Å². The molecule has 19 heavy (non-hydrogen) atoms. The standard InChI is InChI=1S/C11H18N2O6/c14-9(5-7-6-12-3-4-19-7)13-8(11(17)18)1-2-10(15)16/h7-8,12H,1-6H2,(H,13,14)(H,15,16)(H,17,18)/t7?,8-/m0/s1. The van der Waals surface area contributed by atoms with Crippen molar-refractivity contribution in [2.75, 3.05) is 19.7 Å². The molecule has 0 aromatic carbocycles. The van der Waals surface area contributed by atoms with Crippen LogP contribution in [0.4, 0.5) is 0 Å². The lowest BCUT2D eigenvalue weighted by molar-refractivity contribution is -0.143. The summed E-state index contributed by atoms with van der Waals surface area (Å²) in [6.45, 7) is 1.79. The zero-order chi connectivity index (χ0) is 14.3. The van der Waals surface area contributed by atoms with E-state index in [-0.39, 0.29) is 25.4 Å². The number of amides is 1. The van der Waals surface area contributed by atoms with E-state index in [1.807, 2.05) is 0 Å². The molecule has 1 saturated heterocycles. The number of hydrogen-bond acceptors (Lipinski definition) is 5. The van der Waals surface area contributed by atoms with E-state index in [4.69, 9.17) is 14.9 Å². The van der Waals surface area contributed by atoms with Gasteiger partial charge in [0.15, 0.2) is 0 Å². The first-order valence-corrected chi connectivity index (χ1v) is 6.05. The molecular weight excluding hydrogens is 256 g/mol. The largest absolute Gasteiger partial charge is 0.481 e. The summed E-state index contributed by atoms with van der Waals surface area (Å²) in [5.74, 6) is -2.79. The van der Waals surface area contributed by atoms with Crippen LogP contribution in [0.15, 0.2) is 0 Å². The predicted molar refractivity (Wildman–Crippen MR) is 63.7 cm³/mol. The maximum Gasteiger partial charge on any atom is 0.326 e. The van der Waals surface area contributed by atoms with Gasteiger partial charge in [0.25, 0.3) is 0 Å². The summed E-state index contributed by atoms with van der Waals surface area (Å²) in [6.07, 6.45) is -0.661. The van der Waals surface area contributed by atoms with Crippen LogP contribution in [0.25, 0.3) is 0 Å². The third-order valence-corrected chi connectivity index (χ3v) is 2.70. The molecule has 0 bridgehead atoms. The van der Waals surface area contributed by atoms with Gasteiger partial charge < -0.3 is 25.6 Å². The normalized spacial score (nSPS) is 20.5. The minimum atomic E-state index is -1.24. The highest BCUT2D eigenvalue weighted by molar-refractivity contribution is 5.84. The summed E-state index contributed by atoms with van der Waals surface area (Å²) < 4.78 is 5.32. The number of ether oxygens (including phenoxy) is 1. The first kappa shape index (κ1) is 15.4. The fourth-order valence-electron chi connectivity index (χ4n) is 1.74. The smallest absolute Gasteiger partial charge is 0.326 e. The number of carboxylic acid groups (broad SMARTS) is 2. The molecule has 0 spiro atoms. The van der Waals surface area contributed by atoms with Crippen molar-refractivity contribution in [2.24, 2.45) is 0 Å². The van der Waals surface area contributed by atoms with Crippen molar-refractivity contribution in [2.45, 2.75) is 31.4 Å². The van der Waals surface area contributed by atoms with Crippen molar-refractivity contribution in [1.82, 2.24) is 10.6 Å². The van der Waals surface area contributed by atoms with E-state index in [1.165, 1.54) is 0 Å². The summed E-state index contributed by atoms with van der Waals surface area (Å²) in [5, 5.41) is 22.8. The van der Waals surface area contributed by atoms with Crippen LogP contribution in [0.5, 0.6) is 0 Å². The summed E-state index contributed by atoms with van der Waals surface area (Å²) in [4.78, 5) is 32.9. The Hall–Kier alpha value is -1.67. The van der Waals surface area contributed by atoms with Crippen LogP contribution in [0.1, 0.15) is 19.3 Å². The first-order valence-electron chi connectivity index (χ1n) is 6.05.